The maximum absolute atomic E-state index is 13.0. The summed E-state index contributed by atoms with van der Waals surface area (Å²) in [4.78, 5) is 13.9. The molecule has 5 heteroatoms. The van der Waals surface area contributed by atoms with E-state index < -0.39 is 5.60 Å². The van der Waals surface area contributed by atoms with Crippen molar-refractivity contribution in [1.82, 2.24) is 4.90 Å². The normalized spacial score (nSPS) is 20.2. The Morgan fingerprint density at radius 2 is 1.96 bits per heavy atom. The van der Waals surface area contributed by atoms with Crippen LogP contribution in [0.25, 0.3) is 0 Å². The van der Waals surface area contributed by atoms with Gasteiger partial charge in [0.15, 0.2) is 6.61 Å². The van der Waals surface area contributed by atoms with Crippen LogP contribution in [0, 0.1) is 12.7 Å². The van der Waals surface area contributed by atoms with Gasteiger partial charge in [0, 0.05) is 6.54 Å². The maximum Gasteiger partial charge on any atom is 0.260 e. The lowest BCUT2D eigenvalue weighted by Crippen LogP contribution is -2.37. The number of hydrogen-bond acceptors (Lipinski definition) is 3. The van der Waals surface area contributed by atoms with Crippen LogP contribution in [0.1, 0.15) is 17.5 Å². The van der Waals surface area contributed by atoms with E-state index in [1.54, 1.807) is 17.0 Å². The van der Waals surface area contributed by atoms with E-state index in [4.69, 9.17) is 4.74 Å². The van der Waals surface area contributed by atoms with Crippen molar-refractivity contribution in [2.45, 2.75) is 18.9 Å². The van der Waals surface area contributed by atoms with Crippen molar-refractivity contribution in [2.24, 2.45) is 0 Å². The molecule has 2 aromatic carbocycles. The number of carbonyl (C=O) groups is 1. The molecule has 0 spiro atoms. The van der Waals surface area contributed by atoms with Gasteiger partial charge in [-0.2, -0.15) is 0 Å². The third-order valence-corrected chi connectivity index (χ3v) is 4.43. The first kappa shape index (κ1) is 16.5. The Morgan fingerprint density at radius 3 is 2.67 bits per heavy atom. The molecule has 3 rings (SSSR count). The van der Waals surface area contributed by atoms with E-state index in [-0.39, 0.29) is 24.9 Å². The van der Waals surface area contributed by atoms with Crippen molar-refractivity contribution in [2.75, 3.05) is 19.7 Å². The van der Waals surface area contributed by atoms with Gasteiger partial charge in [-0.25, -0.2) is 4.39 Å². The largest absolute Gasteiger partial charge is 0.484 e. The SMILES string of the molecule is Cc1ccccc1OCC(=O)N1CC[C@](O)(c2ccc(F)cc2)C1. The fraction of sp³-hybridized carbons (Fsp3) is 0.316. The molecule has 1 atom stereocenters. The summed E-state index contributed by atoms with van der Waals surface area (Å²) in [5.74, 6) is 0.162. The Labute approximate surface area is 140 Å². The summed E-state index contributed by atoms with van der Waals surface area (Å²) in [5.41, 5.74) is 0.458. The third kappa shape index (κ3) is 3.41. The average Bonchev–Trinajstić information content (AvgIpc) is 2.98. The zero-order chi connectivity index (χ0) is 17.2. The number of hydrogen-bond donors (Lipinski definition) is 1. The molecule has 0 unspecified atom stereocenters. The molecule has 1 saturated heterocycles. The molecule has 0 saturated carbocycles. The molecule has 4 nitrogen and oxygen atoms in total. The van der Waals surface area contributed by atoms with Gasteiger partial charge in [-0.05, 0) is 42.7 Å². The summed E-state index contributed by atoms with van der Waals surface area (Å²) in [6, 6.07) is 13.3. The first-order valence-corrected chi connectivity index (χ1v) is 7.92. The van der Waals surface area contributed by atoms with Gasteiger partial charge < -0.3 is 14.7 Å². The summed E-state index contributed by atoms with van der Waals surface area (Å²) >= 11 is 0. The molecule has 1 heterocycles. The van der Waals surface area contributed by atoms with Gasteiger partial charge in [-0.15, -0.1) is 0 Å². The summed E-state index contributed by atoms with van der Waals surface area (Å²) in [7, 11) is 0. The van der Waals surface area contributed by atoms with Crippen LogP contribution in [0.3, 0.4) is 0 Å². The van der Waals surface area contributed by atoms with Gasteiger partial charge in [-0.3, -0.25) is 4.79 Å². The van der Waals surface area contributed by atoms with Gasteiger partial charge in [-0.1, -0.05) is 30.3 Å². The number of likely N-dealkylation sites (tertiary alicyclic amines) is 1. The van der Waals surface area contributed by atoms with Crippen LogP contribution < -0.4 is 4.74 Å². The highest BCUT2D eigenvalue weighted by molar-refractivity contribution is 5.78. The number of carbonyl (C=O) groups excluding carboxylic acids is 1. The molecule has 1 aliphatic heterocycles. The van der Waals surface area contributed by atoms with Crippen molar-refractivity contribution < 1.29 is 19.0 Å². The van der Waals surface area contributed by atoms with Crippen molar-refractivity contribution >= 4 is 5.91 Å². The van der Waals surface area contributed by atoms with Gasteiger partial charge in [0.05, 0.1) is 6.54 Å². The molecule has 24 heavy (non-hydrogen) atoms. The Morgan fingerprint density at radius 1 is 1.25 bits per heavy atom. The fourth-order valence-corrected chi connectivity index (χ4v) is 2.95. The second-order valence-electron chi connectivity index (χ2n) is 6.16. The van der Waals surface area contributed by atoms with Crippen molar-refractivity contribution in [3.8, 4) is 5.75 Å². The second kappa shape index (κ2) is 6.61. The van der Waals surface area contributed by atoms with E-state index in [0.29, 0.717) is 24.3 Å². The van der Waals surface area contributed by atoms with E-state index in [2.05, 4.69) is 0 Å². The average molecular weight is 329 g/mol. The Balaban J connectivity index is 1.61. The number of aryl methyl sites for hydroxylation is 1. The van der Waals surface area contributed by atoms with Gasteiger partial charge in [0.1, 0.15) is 17.2 Å². The minimum Gasteiger partial charge on any atom is -0.484 e. The highest BCUT2D eigenvalue weighted by Crippen LogP contribution is 2.32. The number of β-amino-alcohol motifs (C(OH)–C–C–N with tert-alkyl or cyclic N) is 1. The minimum atomic E-state index is -1.13. The van der Waals surface area contributed by atoms with Crippen LogP contribution in [-0.4, -0.2) is 35.6 Å². The number of rotatable bonds is 4. The molecule has 1 amide bonds. The molecule has 126 valence electrons. The molecule has 1 N–H and O–H groups in total. The van der Waals surface area contributed by atoms with Crippen LogP contribution in [0.4, 0.5) is 4.39 Å². The van der Waals surface area contributed by atoms with Crippen molar-refractivity contribution in [1.29, 1.82) is 0 Å². The zero-order valence-electron chi connectivity index (χ0n) is 13.5. The van der Waals surface area contributed by atoms with E-state index in [0.717, 1.165) is 5.56 Å². The Bertz CT molecular complexity index is 732. The Kier molecular flexibility index (Phi) is 4.53. The lowest BCUT2D eigenvalue weighted by atomic mass is 9.93. The van der Waals surface area contributed by atoms with Gasteiger partial charge >= 0.3 is 0 Å². The van der Waals surface area contributed by atoms with E-state index in [1.165, 1.54) is 12.1 Å². The molecule has 0 radical (unpaired) electrons. The lowest BCUT2D eigenvalue weighted by Gasteiger charge is -2.24. The van der Waals surface area contributed by atoms with Crippen molar-refractivity contribution in [3.05, 3.63) is 65.5 Å². The number of para-hydroxylation sites is 1. The van der Waals surface area contributed by atoms with Crippen LogP contribution in [-0.2, 0) is 10.4 Å². The fourth-order valence-electron chi connectivity index (χ4n) is 2.95. The summed E-state index contributed by atoms with van der Waals surface area (Å²) in [6.45, 7) is 2.49. The quantitative estimate of drug-likeness (QED) is 0.938. The van der Waals surface area contributed by atoms with E-state index >= 15 is 0 Å². The summed E-state index contributed by atoms with van der Waals surface area (Å²) in [6.07, 6.45) is 0.425. The first-order chi connectivity index (χ1) is 11.5. The molecular formula is C19H20FNO3. The predicted octanol–water partition coefficient (Wildman–Crippen LogP) is 2.63. The van der Waals surface area contributed by atoms with E-state index in [9.17, 15) is 14.3 Å². The molecule has 0 aromatic heterocycles. The number of benzene rings is 2. The van der Waals surface area contributed by atoms with Gasteiger partial charge in [0.2, 0.25) is 0 Å². The van der Waals surface area contributed by atoms with Crippen molar-refractivity contribution in [3.63, 3.8) is 0 Å². The van der Waals surface area contributed by atoms with Crippen LogP contribution in [0.2, 0.25) is 0 Å². The van der Waals surface area contributed by atoms with E-state index in [1.807, 2.05) is 31.2 Å². The maximum atomic E-state index is 13.0. The Hall–Kier alpha value is -2.40. The molecule has 0 bridgehead atoms. The molecule has 0 aliphatic carbocycles. The standard InChI is InChI=1S/C19H20FNO3/c1-14-4-2-3-5-17(14)24-12-18(22)21-11-10-19(23,13-21)15-6-8-16(20)9-7-15/h2-9,23H,10-13H2,1H3/t19-/m1/s1. The summed E-state index contributed by atoms with van der Waals surface area (Å²) < 4.78 is 18.6. The minimum absolute atomic E-state index is 0.0651. The molecular weight excluding hydrogens is 309 g/mol. The number of amides is 1. The van der Waals surface area contributed by atoms with Crippen LogP contribution >= 0.6 is 0 Å². The topological polar surface area (TPSA) is 49.8 Å². The predicted molar refractivity (Wildman–Crippen MR) is 88.2 cm³/mol. The van der Waals surface area contributed by atoms with Crippen LogP contribution in [0.15, 0.2) is 48.5 Å². The monoisotopic (exact) mass is 329 g/mol. The highest BCUT2D eigenvalue weighted by atomic mass is 19.1. The summed E-state index contributed by atoms with van der Waals surface area (Å²) in [5, 5.41) is 10.7. The molecule has 2 aromatic rings. The van der Waals surface area contributed by atoms with Crippen LogP contribution in [0.5, 0.6) is 5.75 Å². The number of halogens is 1. The zero-order valence-corrected chi connectivity index (χ0v) is 13.5. The highest BCUT2D eigenvalue weighted by Gasteiger charge is 2.39. The first-order valence-electron chi connectivity index (χ1n) is 7.92. The molecule has 1 aliphatic rings. The molecule has 1 fully saturated rings. The third-order valence-electron chi connectivity index (χ3n) is 4.43. The number of nitrogens with zero attached hydrogens (tertiary/aromatic N) is 1. The second-order valence-corrected chi connectivity index (χ2v) is 6.16. The number of ether oxygens (including phenoxy) is 1. The smallest absolute Gasteiger partial charge is 0.260 e. The van der Waals surface area contributed by atoms with Gasteiger partial charge in [0.25, 0.3) is 5.91 Å². The lowest BCUT2D eigenvalue weighted by molar-refractivity contribution is -0.133. The number of aliphatic hydroxyl groups is 1.